The van der Waals surface area contributed by atoms with Crippen LogP contribution in [0, 0.1) is 0 Å². The Hall–Kier alpha value is -2.87. The van der Waals surface area contributed by atoms with Crippen molar-refractivity contribution in [1.29, 1.82) is 0 Å². The Morgan fingerprint density at radius 3 is 2.59 bits per heavy atom. The van der Waals surface area contributed by atoms with Crippen molar-refractivity contribution in [2.24, 2.45) is 0 Å². The summed E-state index contributed by atoms with van der Waals surface area (Å²) in [6, 6.07) is 8.38. The Morgan fingerprint density at radius 1 is 1.03 bits per heavy atom. The lowest BCUT2D eigenvalue weighted by molar-refractivity contribution is -0.130. The van der Waals surface area contributed by atoms with Crippen LogP contribution in [-0.4, -0.2) is 43.3 Å². The maximum Gasteiger partial charge on any atom is 0.279 e. The minimum atomic E-state index is -0.458. The highest BCUT2D eigenvalue weighted by Gasteiger charge is 2.17. The van der Waals surface area contributed by atoms with Gasteiger partial charge in [0.15, 0.2) is 6.61 Å². The van der Waals surface area contributed by atoms with Crippen LogP contribution in [-0.2, 0) is 17.6 Å². The van der Waals surface area contributed by atoms with Crippen molar-refractivity contribution in [3.05, 3.63) is 51.2 Å². The fourth-order valence-corrected chi connectivity index (χ4v) is 4.18. The lowest BCUT2D eigenvalue weighted by atomic mass is 10.1. The van der Waals surface area contributed by atoms with Gasteiger partial charge in [-0.15, -0.1) is 11.3 Å². The van der Waals surface area contributed by atoms with Crippen LogP contribution in [0.4, 0.5) is 0 Å². The number of likely N-dealkylation sites (N-methyl/N-ethyl adjacent to an activating group) is 1. The van der Waals surface area contributed by atoms with Gasteiger partial charge in [0.1, 0.15) is 5.75 Å². The van der Waals surface area contributed by atoms with E-state index in [9.17, 15) is 14.4 Å². The zero-order valence-electron chi connectivity index (χ0n) is 16.6. The van der Waals surface area contributed by atoms with Crippen molar-refractivity contribution >= 4 is 29.1 Å². The second-order valence-electron chi connectivity index (χ2n) is 7.13. The van der Waals surface area contributed by atoms with Crippen molar-refractivity contribution in [1.82, 2.24) is 15.8 Å². The smallest absolute Gasteiger partial charge is 0.279 e. The molecule has 2 aromatic rings. The minimum absolute atomic E-state index is 0.113. The molecule has 0 aliphatic heterocycles. The molecule has 0 fully saturated rings. The number of ether oxygens (including phenoxy) is 1. The number of carbonyl (C=O) groups is 3. The van der Waals surface area contributed by atoms with Crippen LogP contribution in [0.2, 0.25) is 0 Å². The second kappa shape index (κ2) is 9.56. The van der Waals surface area contributed by atoms with Gasteiger partial charge in [0, 0.05) is 24.5 Å². The molecular formula is C21H25N3O4S. The molecule has 0 spiro atoms. The number of thiophene rings is 1. The largest absolute Gasteiger partial charge is 0.484 e. The number of rotatable bonds is 5. The average Bonchev–Trinajstić information content (AvgIpc) is 3.00. The van der Waals surface area contributed by atoms with Crippen molar-refractivity contribution in [3.63, 3.8) is 0 Å². The van der Waals surface area contributed by atoms with Gasteiger partial charge in [-0.05, 0) is 55.5 Å². The third kappa shape index (κ3) is 5.57. The predicted octanol–water partition coefficient (Wildman–Crippen LogP) is 2.56. The fourth-order valence-electron chi connectivity index (χ4n) is 3.03. The topological polar surface area (TPSA) is 87.7 Å². The van der Waals surface area contributed by atoms with E-state index in [1.165, 1.54) is 39.2 Å². The molecular weight excluding hydrogens is 390 g/mol. The van der Waals surface area contributed by atoms with Crippen molar-refractivity contribution in [2.75, 3.05) is 20.7 Å². The Kier molecular flexibility index (Phi) is 6.87. The molecule has 8 heteroatoms. The molecule has 1 aliphatic carbocycles. The number of hydrogen-bond donors (Lipinski definition) is 2. The highest BCUT2D eigenvalue weighted by Crippen LogP contribution is 2.28. The van der Waals surface area contributed by atoms with Gasteiger partial charge in [0.25, 0.3) is 17.7 Å². The summed E-state index contributed by atoms with van der Waals surface area (Å²) in [4.78, 5) is 39.7. The summed E-state index contributed by atoms with van der Waals surface area (Å²) in [6.07, 6.45) is 5.56. The molecule has 0 atom stereocenters. The molecule has 3 amide bonds. The molecule has 2 N–H and O–H groups in total. The monoisotopic (exact) mass is 415 g/mol. The minimum Gasteiger partial charge on any atom is -0.484 e. The molecule has 0 radical (unpaired) electrons. The van der Waals surface area contributed by atoms with Crippen LogP contribution in [0.25, 0.3) is 0 Å². The Morgan fingerprint density at radius 2 is 1.79 bits per heavy atom. The Bertz CT molecular complexity index is 884. The summed E-state index contributed by atoms with van der Waals surface area (Å²) >= 11 is 1.50. The SMILES string of the molecule is CN(C)C(=O)COc1cccc(C(=O)NNC(=O)c2cc3c(s2)CCCCC3)c1. The number of nitrogens with one attached hydrogen (secondary N) is 2. The van der Waals surface area contributed by atoms with E-state index >= 15 is 0 Å². The first-order chi connectivity index (χ1) is 13.9. The van der Waals surface area contributed by atoms with Crippen LogP contribution in [0.5, 0.6) is 5.75 Å². The highest BCUT2D eigenvalue weighted by molar-refractivity contribution is 7.14. The van der Waals surface area contributed by atoms with E-state index < -0.39 is 5.91 Å². The van der Waals surface area contributed by atoms with Gasteiger partial charge < -0.3 is 9.64 Å². The predicted molar refractivity (Wildman–Crippen MR) is 111 cm³/mol. The van der Waals surface area contributed by atoms with Crippen LogP contribution >= 0.6 is 11.3 Å². The van der Waals surface area contributed by atoms with Crippen molar-refractivity contribution < 1.29 is 19.1 Å². The third-order valence-corrected chi connectivity index (χ3v) is 5.95. The summed E-state index contributed by atoms with van der Waals surface area (Å²) in [7, 11) is 3.29. The summed E-state index contributed by atoms with van der Waals surface area (Å²) < 4.78 is 5.41. The number of benzene rings is 1. The quantitative estimate of drug-likeness (QED) is 0.580. The molecule has 1 heterocycles. The number of nitrogens with zero attached hydrogens (tertiary/aromatic N) is 1. The summed E-state index contributed by atoms with van der Waals surface area (Å²) in [6.45, 7) is -0.113. The maximum atomic E-state index is 12.4. The zero-order chi connectivity index (χ0) is 20.8. The van der Waals surface area contributed by atoms with Crippen LogP contribution in [0.3, 0.4) is 0 Å². The molecule has 0 unspecified atom stereocenters. The second-order valence-corrected chi connectivity index (χ2v) is 8.27. The fraction of sp³-hybridized carbons (Fsp3) is 0.381. The van der Waals surface area contributed by atoms with E-state index in [0.29, 0.717) is 16.2 Å². The van der Waals surface area contributed by atoms with E-state index in [0.717, 1.165) is 25.7 Å². The summed E-state index contributed by atoms with van der Waals surface area (Å²) in [5.74, 6) is -0.552. The van der Waals surface area contributed by atoms with Crippen molar-refractivity contribution in [2.45, 2.75) is 32.1 Å². The lowest BCUT2D eigenvalue weighted by Gasteiger charge is -2.12. The van der Waals surface area contributed by atoms with Gasteiger partial charge in [-0.1, -0.05) is 12.5 Å². The van der Waals surface area contributed by atoms with Crippen LogP contribution in [0.15, 0.2) is 30.3 Å². The third-order valence-electron chi connectivity index (χ3n) is 4.72. The van der Waals surface area contributed by atoms with Gasteiger partial charge in [-0.3, -0.25) is 25.2 Å². The Labute approximate surface area is 174 Å². The molecule has 1 aromatic heterocycles. The number of carbonyl (C=O) groups excluding carboxylic acids is 3. The van der Waals surface area contributed by atoms with Gasteiger partial charge in [-0.25, -0.2) is 0 Å². The maximum absolute atomic E-state index is 12.4. The van der Waals surface area contributed by atoms with Gasteiger partial charge >= 0.3 is 0 Å². The first-order valence-corrected chi connectivity index (χ1v) is 10.4. The van der Waals surface area contributed by atoms with E-state index in [1.54, 1.807) is 32.3 Å². The number of hydrazine groups is 1. The first-order valence-electron chi connectivity index (χ1n) is 9.59. The number of fused-ring (bicyclic) bond motifs is 1. The number of aryl methyl sites for hydroxylation is 2. The van der Waals surface area contributed by atoms with E-state index in [1.807, 2.05) is 6.07 Å². The average molecular weight is 416 g/mol. The Balaban J connectivity index is 1.56. The summed E-state index contributed by atoms with van der Waals surface area (Å²) in [5.41, 5.74) is 6.49. The molecule has 1 aliphatic rings. The zero-order valence-corrected chi connectivity index (χ0v) is 17.4. The molecule has 0 saturated heterocycles. The molecule has 7 nitrogen and oxygen atoms in total. The first kappa shape index (κ1) is 20.9. The van der Waals surface area contributed by atoms with E-state index in [-0.39, 0.29) is 18.4 Å². The van der Waals surface area contributed by atoms with Crippen molar-refractivity contribution in [3.8, 4) is 5.75 Å². The van der Waals surface area contributed by atoms with Crippen LogP contribution in [0.1, 0.15) is 49.7 Å². The van der Waals surface area contributed by atoms with Gasteiger partial charge in [0.2, 0.25) is 0 Å². The highest BCUT2D eigenvalue weighted by atomic mass is 32.1. The number of amides is 3. The molecule has 29 heavy (non-hydrogen) atoms. The van der Waals surface area contributed by atoms with E-state index in [2.05, 4.69) is 10.9 Å². The number of hydrogen-bond acceptors (Lipinski definition) is 5. The standard InChI is InChI=1S/C21H25N3O4S/c1-24(2)19(25)13-28-16-9-6-8-15(11-16)20(26)22-23-21(27)18-12-14-7-4-3-5-10-17(14)29-18/h6,8-9,11-12H,3-5,7,10,13H2,1-2H3,(H,22,26)(H,23,27). The molecule has 154 valence electrons. The van der Waals surface area contributed by atoms with Crippen LogP contribution < -0.4 is 15.6 Å². The molecule has 3 rings (SSSR count). The normalized spacial score (nSPS) is 13.0. The molecule has 0 bridgehead atoms. The van der Waals surface area contributed by atoms with Gasteiger partial charge in [-0.2, -0.15) is 0 Å². The molecule has 0 saturated carbocycles. The van der Waals surface area contributed by atoms with E-state index in [4.69, 9.17) is 4.74 Å². The van der Waals surface area contributed by atoms with Gasteiger partial charge in [0.05, 0.1) is 4.88 Å². The lowest BCUT2D eigenvalue weighted by Crippen LogP contribution is -2.41. The summed E-state index contributed by atoms with van der Waals surface area (Å²) in [5, 5.41) is 0. The molecule has 1 aromatic carbocycles.